The van der Waals surface area contributed by atoms with Crippen molar-refractivity contribution < 1.29 is 9.66 Å². The van der Waals surface area contributed by atoms with E-state index in [1.807, 2.05) is 32.0 Å². The van der Waals surface area contributed by atoms with Crippen LogP contribution in [0.4, 0.5) is 5.69 Å². The zero-order valence-corrected chi connectivity index (χ0v) is 12.0. The van der Waals surface area contributed by atoms with E-state index < -0.39 is 4.92 Å². The fraction of sp³-hybridized carbons (Fsp3) is 0.200. The number of ether oxygens (including phenoxy) is 1. The van der Waals surface area contributed by atoms with Crippen molar-refractivity contribution in [1.29, 1.82) is 0 Å². The molecular formula is C15H14ClNO3. The van der Waals surface area contributed by atoms with Crippen molar-refractivity contribution in [2.24, 2.45) is 0 Å². The molecule has 0 aliphatic heterocycles. The maximum Gasteiger partial charge on any atom is 0.311 e. The molecular weight excluding hydrogens is 278 g/mol. The maximum atomic E-state index is 11.1. The molecule has 0 bridgehead atoms. The summed E-state index contributed by atoms with van der Waals surface area (Å²) in [6, 6.07) is 10.4. The second kappa shape index (κ2) is 5.92. The van der Waals surface area contributed by atoms with Crippen molar-refractivity contribution in [1.82, 2.24) is 0 Å². The third kappa shape index (κ3) is 3.27. The SMILES string of the molecule is Cc1cc(C)cc(Oc2ccc(CCl)cc2[N+](=O)[O-])c1. The van der Waals surface area contributed by atoms with Crippen LogP contribution in [-0.2, 0) is 5.88 Å². The van der Waals surface area contributed by atoms with Crippen LogP contribution in [0.3, 0.4) is 0 Å². The number of rotatable bonds is 4. The van der Waals surface area contributed by atoms with E-state index >= 15 is 0 Å². The molecule has 20 heavy (non-hydrogen) atoms. The van der Waals surface area contributed by atoms with E-state index in [4.69, 9.17) is 16.3 Å². The monoisotopic (exact) mass is 291 g/mol. The Hall–Kier alpha value is -2.07. The molecule has 0 N–H and O–H groups in total. The summed E-state index contributed by atoms with van der Waals surface area (Å²) in [5.41, 5.74) is 2.69. The zero-order valence-electron chi connectivity index (χ0n) is 11.2. The van der Waals surface area contributed by atoms with Gasteiger partial charge in [-0.1, -0.05) is 12.1 Å². The van der Waals surface area contributed by atoms with Gasteiger partial charge in [0.1, 0.15) is 5.75 Å². The molecule has 0 unspecified atom stereocenters. The summed E-state index contributed by atoms with van der Waals surface area (Å²) in [7, 11) is 0. The molecule has 0 aliphatic carbocycles. The standard InChI is InChI=1S/C15H14ClNO3/c1-10-5-11(2)7-13(6-10)20-15-4-3-12(9-16)8-14(15)17(18)19/h3-8H,9H2,1-2H3. The Morgan fingerprint density at radius 3 is 2.35 bits per heavy atom. The largest absolute Gasteiger partial charge is 0.450 e. The first kappa shape index (κ1) is 14.3. The summed E-state index contributed by atoms with van der Waals surface area (Å²) in [6.45, 7) is 3.90. The van der Waals surface area contributed by atoms with E-state index in [-0.39, 0.29) is 17.3 Å². The average Bonchev–Trinajstić information content (AvgIpc) is 2.37. The van der Waals surface area contributed by atoms with Gasteiger partial charge in [-0.2, -0.15) is 0 Å². The molecule has 0 fully saturated rings. The Kier molecular flexibility index (Phi) is 4.25. The van der Waals surface area contributed by atoms with Gasteiger partial charge in [0, 0.05) is 11.9 Å². The lowest BCUT2D eigenvalue weighted by Crippen LogP contribution is -1.95. The Labute approximate surface area is 122 Å². The Morgan fingerprint density at radius 2 is 1.80 bits per heavy atom. The van der Waals surface area contributed by atoms with Crippen LogP contribution < -0.4 is 4.74 Å². The van der Waals surface area contributed by atoms with Gasteiger partial charge in [0.15, 0.2) is 0 Å². The predicted molar refractivity (Wildman–Crippen MR) is 78.6 cm³/mol. The van der Waals surface area contributed by atoms with Gasteiger partial charge in [-0.25, -0.2) is 0 Å². The smallest absolute Gasteiger partial charge is 0.311 e. The lowest BCUT2D eigenvalue weighted by molar-refractivity contribution is -0.385. The molecule has 2 aromatic carbocycles. The molecule has 104 valence electrons. The summed E-state index contributed by atoms with van der Waals surface area (Å²) in [5, 5.41) is 11.1. The highest BCUT2D eigenvalue weighted by Gasteiger charge is 2.16. The number of nitro benzene ring substituents is 1. The molecule has 0 saturated heterocycles. The van der Waals surface area contributed by atoms with Crippen molar-refractivity contribution in [3.05, 3.63) is 63.2 Å². The minimum Gasteiger partial charge on any atom is -0.450 e. The van der Waals surface area contributed by atoms with Crippen LogP contribution in [0.1, 0.15) is 16.7 Å². The van der Waals surface area contributed by atoms with Gasteiger partial charge in [-0.3, -0.25) is 10.1 Å². The fourth-order valence-electron chi connectivity index (χ4n) is 1.99. The summed E-state index contributed by atoms with van der Waals surface area (Å²) in [5.74, 6) is 1.03. The number of halogens is 1. The number of aryl methyl sites for hydroxylation is 2. The van der Waals surface area contributed by atoms with Crippen molar-refractivity contribution in [3.8, 4) is 11.5 Å². The molecule has 0 spiro atoms. The lowest BCUT2D eigenvalue weighted by Gasteiger charge is -2.09. The minimum atomic E-state index is -0.464. The van der Waals surface area contributed by atoms with Gasteiger partial charge >= 0.3 is 5.69 Å². The van der Waals surface area contributed by atoms with Crippen molar-refractivity contribution in [2.45, 2.75) is 19.7 Å². The number of hydrogen-bond donors (Lipinski definition) is 0. The van der Waals surface area contributed by atoms with E-state index in [1.54, 1.807) is 12.1 Å². The summed E-state index contributed by atoms with van der Waals surface area (Å²) in [4.78, 5) is 10.6. The predicted octanol–water partition coefficient (Wildman–Crippen LogP) is 4.74. The van der Waals surface area contributed by atoms with Gasteiger partial charge in [-0.15, -0.1) is 11.6 Å². The lowest BCUT2D eigenvalue weighted by atomic mass is 10.1. The third-order valence-electron chi connectivity index (χ3n) is 2.80. The summed E-state index contributed by atoms with van der Waals surface area (Å²) < 4.78 is 5.65. The number of alkyl halides is 1. The molecule has 5 heteroatoms. The molecule has 2 rings (SSSR count). The first-order valence-corrected chi connectivity index (χ1v) is 6.62. The summed E-state index contributed by atoms with van der Waals surface area (Å²) >= 11 is 5.69. The molecule has 0 aliphatic rings. The van der Waals surface area contributed by atoms with E-state index in [0.717, 1.165) is 11.1 Å². The van der Waals surface area contributed by atoms with Crippen LogP contribution in [0, 0.1) is 24.0 Å². The number of nitro groups is 1. The highest BCUT2D eigenvalue weighted by Crippen LogP contribution is 2.33. The topological polar surface area (TPSA) is 52.4 Å². The number of nitrogens with zero attached hydrogens (tertiary/aromatic N) is 1. The number of benzene rings is 2. The Bertz CT molecular complexity index is 635. The van der Waals surface area contributed by atoms with E-state index in [9.17, 15) is 10.1 Å². The van der Waals surface area contributed by atoms with Gasteiger partial charge in [-0.05, 0) is 48.7 Å². The van der Waals surface area contributed by atoms with Crippen LogP contribution in [-0.4, -0.2) is 4.92 Å². The second-order valence-corrected chi connectivity index (χ2v) is 4.89. The van der Waals surface area contributed by atoms with Crippen molar-refractivity contribution in [2.75, 3.05) is 0 Å². The molecule has 0 radical (unpaired) electrons. The highest BCUT2D eigenvalue weighted by molar-refractivity contribution is 6.17. The van der Waals surface area contributed by atoms with Crippen molar-refractivity contribution >= 4 is 17.3 Å². The third-order valence-corrected chi connectivity index (χ3v) is 3.11. The average molecular weight is 292 g/mol. The first-order valence-electron chi connectivity index (χ1n) is 6.09. The molecule has 0 saturated carbocycles. The van der Waals surface area contributed by atoms with Crippen LogP contribution in [0.5, 0.6) is 11.5 Å². The van der Waals surface area contributed by atoms with E-state index in [1.165, 1.54) is 6.07 Å². The molecule has 0 atom stereocenters. The van der Waals surface area contributed by atoms with Crippen LogP contribution in [0.15, 0.2) is 36.4 Å². The normalized spacial score (nSPS) is 10.3. The zero-order chi connectivity index (χ0) is 14.7. The Balaban J connectivity index is 2.39. The van der Waals surface area contributed by atoms with E-state index in [0.29, 0.717) is 11.3 Å². The number of hydrogen-bond acceptors (Lipinski definition) is 3. The van der Waals surface area contributed by atoms with Gasteiger partial charge < -0.3 is 4.74 Å². The van der Waals surface area contributed by atoms with Crippen LogP contribution >= 0.6 is 11.6 Å². The molecule has 0 amide bonds. The Morgan fingerprint density at radius 1 is 1.15 bits per heavy atom. The highest BCUT2D eigenvalue weighted by atomic mass is 35.5. The van der Waals surface area contributed by atoms with Crippen LogP contribution in [0.25, 0.3) is 0 Å². The fourth-order valence-corrected chi connectivity index (χ4v) is 2.16. The quantitative estimate of drug-likeness (QED) is 0.464. The molecule has 4 nitrogen and oxygen atoms in total. The van der Waals surface area contributed by atoms with E-state index in [2.05, 4.69) is 0 Å². The first-order chi connectivity index (χ1) is 9.49. The molecule has 0 aromatic heterocycles. The maximum absolute atomic E-state index is 11.1. The van der Waals surface area contributed by atoms with Crippen molar-refractivity contribution in [3.63, 3.8) is 0 Å². The summed E-state index contributed by atoms with van der Waals surface area (Å²) in [6.07, 6.45) is 0. The minimum absolute atomic E-state index is 0.0812. The van der Waals surface area contributed by atoms with Gasteiger partial charge in [0.05, 0.1) is 4.92 Å². The van der Waals surface area contributed by atoms with Crippen LogP contribution in [0.2, 0.25) is 0 Å². The van der Waals surface area contributed by atoms with Gasteiger partial charge in [0.2, 0.25) is 5.75 Å². The second-order valence-electron chi connectivity index (χ2n) is 4.62. The molecule has 0 heterocycles. The molecule has 2 aromatic rings. The van der Waals surface area contributed by atoms with Gasteiger partial charge in [0.25, 0.3) is 0 Å².